The zero-order valence-electron chi connectivity index (χ0n) is 9.83. The number of carbonyl (C=O) groups excluding carboxylic acids is 1. The molecule has 18 heavy (non-hydrogen) atoms. The summed E-state index contributed by atoms with van der Waals surface area (Å²) in [6.45, 7) is 2.21. The van der Waals surface area contributed by atoms with Crippen molar-refractivity contribution in [3.63, 3.8) is 0 Å². The van der Waals surface area contributed by atoms with Gasteiger partial charge in [0.15, 0.2) is 0 Å². The summed E-state index contributed by atoms with van der Waals surface area (Å²) in [4.78, 5) is 27.1. The smallest absolute Gasteiger partial charge is 0.276 e. The molecule has 6 heteroatoms. The van der Waals surface area contributed by atoms with Crippen molar-refractivity contribution in [2.24, 2.45) is 0 Å². The molecule has 0 aliphatic rings. The van der Waals surface area contributed by atoms with Gasteiger partial charge in [-0.25, -0.2) is 4.68 Å². The first-order valence-electron chi connectivity index (χ1n) is 5.50. The van der Waals surface area contributed by atoms with Gasteiger partial charge in [-0.05, 0) is 25.1 Å². The van der Waals surface area contributed by atoms with Gasteiger partial charge in [0.1, 0.15) is 5.69 Å². The van der Waals surface area contributed by atoms with Crippen molar-refractivity contribution in [2.45, 2.75) is 13.5 Å². The summed E-state index contributed by atoms with van der Waals surface area (Å²) in [5, 5.41) is 6.61. The zero-order chi connectivity index (χ0) is 13.0. The van der Waals surface area contributed by atoms with E-state index in [1.54, 1.807) is 25.3 Å². The van der Waals surface area contributed by atoms with Crippen LogP contribution in [-0.2, 0) is 6.54 Å². The van der Waals surface area contributed by atoms with Gasteiger partial charge in [0, 0.05) is 18.8 Å². The first kappa shape index (κ1) is 12.0. The van der Waals surface area contributed by atoms with Gasteiger partial charge >= 0.3 is 0 Å². The summed E-state index contributed by atoms with van der Waals surface area (Å²) in [5.41, 5.74) is 0.550. The monoisotopic (exact) mass is 244 g/mol. The average molecular weight is 244 g/mol. The van der Waals surface area contributed by atoms with Crippen LogP contribution in [0.3, 0.4) is 0 Å². The van der Waals surface area contributed by atoms with Crippen LogP contribution in [0.25, 0.3) is 0 Å². The van der Waals surface area contributed by atoms with E-state index in [0.717, 1.165) is 0 Å². The Labute approximate surface area is 103 Å². The third kappa shape index (κ3) is 2.60. The summed E-state index contributed by atoms with van der Waals surface area (Å²) in [5.74, 6) is -0.370. The Morgan fingerprint density at radius 3 is 2.89 bits per heavy atom. The number of rotatable bonds is 3. The van der Waals surface area contributed by atoms with E-state index in [0.29, 0.717) is 12.2 Å². The number of carbonyl (C=O) groups is 1. The molecule has 0 saturated heterocycles. The Morgan fingerprint density at radius 1 is 1.39 bits per heavy atom. The van der Waals surface area contributed by atoms with E-state index in [4.69, 9.17) is 0 Å². The van der Waals surface area contributed by atoms with Crippen molar-refractivity contribution in [3.8, 4) is 0 Å². The van der Waals surface area contributed by atoms with E-state index in [-0.39, 0.29) is 17.2 Å². The van der Waals surface area contributed by atoms with Crippen LogP contribution in [0, 0.1) is 0 Å². The van der Waals surface area contributed by atoms with E-state index in [9.17, 15) is 9.59 Å². The van der Waals surface area contributed by atoms with Crippen molar-refractivity contribution < 1.29 is 4.79 Å². The molecule has 2 rings (SSSR count). The summed E-state index contributed by atoms with van der Waals surface area (Å²) in [7, 11) is 0. The number of hydrogen-bond acceptors (Lipinski definition) is 4. The highest BCUT2D eigenvalue weighted by molar-refractivity contribution is 6.02. The van der Waals surface area contributed by atoms with Crippen LogP contribution in [-0.4, -0.2) is 20.7 Å². The molecule has 0 bridgehead atoms. The largest absolute Gasteiger partial charge is 0.319 e. The highest BCUT2D eigenvalue weighted by Crippen LogP contribution is 2.04. The van der Waals surface area contributed by atoms with Gasteiger partial charge < -0.3 is 5.32 Å². The number of hydrogen-bond donors (Lipinski definition) is 1. The minimum Gasteiger partial charge on any atom is -0.319 e. The molecule has 1 amide bonds. The minimum absolute atomic E-state index is 0.195. The summed E-state index contributed by atoms with van der Waals surface area (Å²) in [6.07, 6.45) is 3.15. The maximum absolute atomic E-state index is 11.9. The summed E-state index contributed by atoms with van der Waals surface area (Å²) in [6, 6.07) is 6.17. The number of amides is 1. The van der Waals surface area contributed by atoms with E-state index < -0.39 is 0 Å². The summed E-state index contributed by atoms with van der Waals surface area (Å²) >= 11 is 0. The van der Waals surface area contributed by atoms with Gasteiger partial charge in [0.05, 0.1) is 11.9 Å². The Hall–Kier alpha value is -2.50. The first-order valence-corrected chi connectivity index (χ1v) is 5.50. The Kier molecular flexibility index (Phi) is 3.47. The molecule has 0 aliphatic carbocycles. The third-order valence-electron chi connectivity index (χ3n) is 2.32. The second kappa shape index (κ2) is 5.22. The lowest BCUT2D eigenvalue weighted by atomic mass is 10.3. The molecule has 0 aromatic carbocycles. The fourth-order valence-corrected chi connectivity index (χ4v) is 1.43. The fourth-order valence-electron chi connectivity index (χ4n) is 1.43. The molecule has 0 saturated carbocycles. The highest BCUT2D eigenvalue weighted by Gasteiger charge is 2.09. The van der Waals surface area contributed by atoms with Crippen LogP contribution in [0.1, 0.15) is 17.4 Å². The molecule has 0 fully saturated rings. The van der Waals surface area contributed by atoms with Crippen molar-refractivity contribution in [1.82, 2.24) is 14.8 Å². The molecule has 2 aromatic rings. The van der Waals surface area contributed by atoms with Crippen LogP contribution in [0.4, 0.5) is 5.69 Å². The molecule has 0 unspecified atom stereocenters. The SMILES string of the molecule is CCn1nc(C(=O)Nc2cccnc2)ccc1=O. The van der Waals surface area contributed by atoms with Crippen molar-refractivity contribution in [3.05, 3.63) is 52.7 Å². The number of nitrogens with zero attached hydrogens (tertiary/aromatic N) is 3. The molecule has 0 radical (unpaired) electrons. The van der Waals surface area contributed by atoms with Crippen LogP contribution >= 0.6 is 0 Å². The lowest BCUT2D eigenvalue weighted by molar-refractivity contribution is 0.102. The number of pyridine rings is 1. The number of aryl methyl sites for hydroxylation is 1. The number of nitrogens with one attached hydrogen (secondary N) is 1. The van der Waals surface area contributed by atoms with Gasteiger partial charge in [-0.15, -0.1) is 0 Å². The number of aromatic nitrogens is 3. The molecule has 92 valence electrons. The lowest BCUT2D eigenvalue weighted by Gasteiger charge is -2.05. The minimum atomic E-state index is -0.370. The molecule has 6 nitrogen and oxygen atoms in total. The topological polar surface area (TPSA) is 76.9 Å². The van der Waals surface area contributed by atoms with E-state index in [1.165, 1.54) is 23.0 Å². The molecule has 2 heterocycles. The van der Waals surface area contributed by atoms with E-state index >= 15 is 0 Å². The molecule has 0 atom stereocenters. The molecular formula is C12H12N4O2. The van der Waals surface area contributed by atoms with Crippen molar-refractivity contribution >= 4 is 11.6 Å². The van der Waals surface area contributed by atoms with Crippen LogP contribution < -0.4 is 10.9 Å². The molecule has 0 spiro atoms. The molecule has 0 aliphatic heterocycles. The van der Waals surface area contributed by atoms with Crippen LogP contribution in [0.5, 0.6) is 0 Å². The predicted octanol–water partition coefficient (Wildman–Crippen LogP) is 0.911. The van der Waals surface area contributed by atoms with Crippen LogP contribution in [0.2, 0.25) is 0 Å². The lowest BCUT2D eigenvalue weighted by Crippen LogP contribution is -2.25. The van der Waals surface area contributed by atoms with Gasteiger partial charge in [0.2, 0.25) is 0 Å². The summed E-state index contributed by atoms with van der Waals surface area (Å²) < 4.78 is 1.23. The second-order valence-corrected chi connectivity index (χ2v) is 3.57. The fraction of sp³-hybridized carbons (Fsp3) is 0.167. The first-order chi connectivity index (χ1) is 8.70. The standard InChI is InChI=1S/C12H12N4O2/c1-2-16-11(17)6-5-10(15-16)12(18)14-9-4-3-7-13-8-9/h3-8H,2H2,1H3,(H,14,18). The Balaban J connectivity index is 2.22. The Morgan fingerprint density at radius 2 is 2.22 bits per heavy atom. The zero-order valence-corrected chi connectivity index (χ0v) is 9.83. The van der Waals surface area contributed by atoms with E-state index in [1.807, 2.05) is 0 Å². The number of anilines is 1. The highest BCUT2D eigenvalue weighted by atomic mass is 16.2. The third-order valence-corrected chi connectivity index (χ3v) is 2.32. The van der Waals surface area contributed by atoms with Gasteiger partial charge in [-0.2, -0.15) is 5.10 Å². The second-order valence-electron chi connectivity index (χ2n) is 3.57. The Bertz CT molecular complexity index is 607. The quantitative estimate of drug-likeness (QED) is 0.870. The molecule has 2 aromatic heterocycles. The maximum Gasteiger partial charge on any atom is 0.276 e. The normalized spacial score (nSPS) is 10.1. The predicted molar refractivity (Wildman–Crippen MR) is 66.4 cm³/mol. The van der Waals surface area contributed by atoms with Gasteiger partial charge in [0.25, 0.3) is 11.5 Å². The molecule has 1 N–H and O–H groups in total. The average Bonchev–Trinajstić information content (AvgIpc) is 2.40. The maximum atomic E-state index is 11.9. The van der Waals surface area contributed by atoms with Crippen LogP contribution in [0.15, 0.2) is 41.5 Å². The van der Waals surface area contributed by atoms with Crippen molar-refractivity contribution in [2.75, 3.05) is 5.32 Å². The van der Waals surface area contributed by atoms with E-state index in [2.05, 4.69) is 15.4 Å². The van der Waals surface area contributed by atoms with Gasteiger partial charge in [-0.3, -0.25) is 14.6 Å². The van der Waals surface area contributed by atoms with Gasteiger partial charge in [-0.1, -0.05) is 0 Å². The molecular weight excluding hydrogens is 232 g/mol. The van der Waals surface area contributed by atoms with Crippen molar-refractivity contribution in [1.29, 1.82) is 0 Å².